The normalized spacial score (nSPS) is 15.0. The number of pyridine rings is 1. The summed E-state index contributed by atoms with van der Waals surface area (Å²) in [7, 11) is 1.74. The summed E-state index contributed by atoms with van der Waals surface area (Å²) in [4.78, 5) is 19.9. The van der Waals surface area contributed by atoms with Gasteiger partial charge in [-0.3, -0.25) is 4.79 Å². The Morgan fingerprint density at radius 2 is 1.80 bits per heavy atom. The van der Waals surface area contributed by atoms with Crippen LogP contribution in [0.15, 0.2) is 42.7 Å². The number of benzene rings is 1. The molecule has 1 aliphatic heterocycles. The van der Waals surface area contributed by atoms with Gasteiger partial charge in [-0.15, -0.1) is 0 Å². The number of carbonyl (C=O) groups excluding carboxylic acids is 1. The SMILES string of the molecule is COCC1CCN(c2ncc(CC(=O)c3cnn(-c4ccc(C(F)(F)F)cc4)c3C)cc2C)CC1. The average Bonchev–Trinajstić information content (AvgIpc) is 3.21. The second-order valence-electron chi connectivity index (χ2n) is 9.07. The van der Waals surface area contributed by atoms with Crippen LogP contribution in [0, 0.1) is 19.8 Å². The molecule has 1 aliphatic rings. The van der Waals surface area contributed by atoms with E-state index in [0.29, 0.717) is 22.9 Å². The minimum absolute atomic E-state index is 0.116. The predicted octanol–water partition coefficient (Wildman–Crippen LogP) is 5.19. The molecule has 4 rings (SSSR count). The van der Waals surface area contributed by atoms with Crippen LogP contribution in [-0.4, -0.2) is 47.4 Å². The first-order valence-electron chi connectivity index (χ1n) is 11.6. The molecule has 0 saturated carbocycles. The smallest absolute Gasteiger partial charge is 0.384 e. The summed E-state index contributed by atoms with van der Waals surface area (Å²) in [6.07, 6.45) is 1.12. The number of hydrogen-bond donors (Lipinski definition) is 0. The van der Waals surface area contributed by atoms with Crippen LogP contribution in [0.4, 0.5) is 19.0 Å². The first-order chi connectivity index (χ1) is 16.7. The Morgan fingerprint density at radius 1 is 1.11 bits per heavy atom. The first kappa shape index (κ1) is 24.9. The van der Waals surface area contributed by atoms with E-state index in [2.05, 4.69) is 15.0 Å². The maximum Gasteiger partial charge on any atom is 0.416 e. The summed E-state index contributed by atoms with van der Waals surface area (Å²) in [6, 6.07) is 6.71. The van der Waals surface area contributed by atoms with E-state index in [1.165, 1.54) is 23.0 Å². The van der Waals surface area contributed by atoms with Gasteiger partial charge in [0.15, 0.2) is 5.78 Å². The molecule has 0 N–H and O–H groups in total. The molecule has 6 nitrogen and oxygen atoms in total. The number of alkyl halides is 3. The monoisotopic (exact) mass is 486 g/mol. The second-order valence-corrected chi connectivity index (χ2v) is 9.07. The van der Waals surface area contributed by atoms with Crippen LogP contribution in [-0.2, 0) is 17.3 Å². The fourth-order valence-electron chi connectivity index (χ4n) is 4.62. The number of Topliss-reactive ketones (excluding diaryl/α,β-unsaturated/α-hetero) is 1. The van der Waals surface area contributed by atoms with Crippen LogP contribution in [0.25, 0.3) is 5.69 Å². The maximum atomic E-state index is 13.0. The van der Waals surface area contributed by atoms with Crippen molar-refractivity contribution in [1.82, 2.24) is 14.8 Å². The van der Waals surface area contributed by atoms with Gasteiger partial charge in [0, 0.05) is 39.4 Å². The molecule has 1 aromatic carbocycles. The lowest BCUT2D eigenvalue weighted by Gasteiger charge is -2.33. The van der Waals surface area contributed by atoms with Crippen molar-refractivity contribution in [2.75, 3.05) is 31.7 Å². The highest BCUT2D eigenvalue weighted by Crippen LogP contribution is 2.30. The topological polar surface area (TPSA) is 60.2 Å². The van der Waals surface area contributed by atoms with E-state index in [9.17, 15) is 18.0 Å². The van der Waals surface area contributed by atoms with Crippen LogP contribution in [0.1, 0.15) is 45.6 Å². The van der Waals surface area contributed by atoms with Crippen molar-refractivity contribution < 1.29 is 22.7 Å². The number of piperidine rings is 1. The fourth-order valence-corrected chi connectivity index (χ4v) is 4.62. The highest BCUT2D eigenvalue weighted by atomic mass is 19.4. The van der Waals surface area contributed by atoms with Crippen molar-refractivity contribution in [3.8, 4) is 5.69 Å². The molecule has 0 amide bonds. The Labute approximate surface area is 202 Å². The van der Waals surface area contributed by atoms with Crippen LogP contribution in [0.3, 0.4) is 0 Å². The number of ketones is 1. The molecule has 0 aliphatic carbocycles. The zero-order valence-electron chi connectivity index (χ0n) is 20.1. The molecule has 1 saturated heterocycles. The Morgan fingerprint density at radius 3 is 2.40 bits per heavy atom. The van der Waals surface area contributed by atoms with Gasteiger partial charge in [0.25, 0.3) is 0 Å². The minimum atomic E-state index is -4.40. The van der Waals surface area contributed by atoms with Crippen molar-refractivity contribution in [2.24, 2.45) is 5.92 Å². The van der Waals surface area contributed by atoms with Gasteiger partial charge in [-0.25, -0.2) is 9.67 Å². The second kappa shape index (κ2) is 10.2. The highest BCUT2D eigenvalue weighted by molar-refractivity contribution is 5.98. The summed E-state index contributed by atoms with van der Waals surface area (Å²) in [5, 5.41) is 4.24. The summed E-state index contributed by atoms with van der Waals surface area (Å²) in [5.41, 5.74) is 2.59. The van der Waals surface area contributed by atoms with Crippen molar-refractivity contribution in [3.63, 3.8) is 0 Å². The fraction of sp³-hybridized carbons (Fsp3) is 0.423. The number of ether oxygens (including phenoxy) is 1. The molecular weight excluding hydrogens is 457 g/mol. The average molecular weight is 487 g/mol. The lowest BCUT2D eigenvalue weighted by atomic mass is 9.97. The van der Waals surface area contributed by atoms with Gasteiger partial charge in [-0.2, -0.15) is 18.3 Å². The molecule has 0 atom stereocenters. The molecule has 9 heteroatoms. The van der Waals surface area contributed by atoms with E-state index in [1.807, 2.05) is 13.0 Å². The van der Waals surface area contributed by atoms with E-state index in [0.717, 1.165) is 61.6 Å². The first-order valence-corrected chi connectivity index (χ1v) is 11.6. The summed E-state index contributed by atoms with van der Waals surface area (Å²) in [6.45, 7) is 6.39. The molecule has 0 bridgehead atoms. The Kier molecular flexibility index (Phi) is 7.25. The molecule has 0 radical (unpaired) electrons. The van der Waals surface area contributed by atoms with E-state index in [4.69, 9.17) is 4.74 Å². The Balaban J connectivity index is 1.44. The standard InChI is InChI=1S/C26H29F3N4O2/c1-17-12-20(14-30-25(17)32-10-8-19(9-11-32)16-35-3)13-24(34)23-15-31-33(18(23)2)22-6-4-21(5-7-22)26(27,28)29/h4-7,12,14-15,19H,8-11,13,16H2,1-3H3. The quantitative estimate of drug-likeness (QED) is 0.430. The van der Waals surface area contributed by atoms with Crippen molar-refractivity contribution in [1.29, 1.82) is 0 Å². The van der Waals surface area contributed by atoms with Crippen LogP contribution in [0.2, 0.25) is 0 Å². The Hall–Kier alpha value is -3.20. The number of rotatable bonds is 7. The lowest BCUT2D eigenvalue weighted by Crippen LogP contribution is -2.36. The van der Waals surface area contributed by atoms with Gasteiger partial charge in [0.05, 0.1) is 28.7 Å². The van der Waals surface area contributed by atoms with Gasteiger partial charge >= 0.3 is 6.18 Å². The maximum absolute atomic E-state index is 13.0. The number of hydrogen-bond acceptors (Lipinski definition) is 5. The van der Waals surface area contributed by atoms with Gasteiger partial charge in [0.1, 0.15) is 5.82 Å². The minimum Gasteiger partial charge on any atom is -0.384 e. The predicted molar refractivity (Wildman–Crippen MR) is 127 cm³/mol. The molecule has 3 aromatic rings. The third kappa shape index (κ3) is 5.56. The summed E-state index contributed by atoms with van der Waals surface area (Å²) >= 11 is 0. The number of aryl methyl sites for hydroxylation is 1. The largest absolute Gasteiger partial charge is 0.416 e. The van der Waals surface area contributed by atoms with E-state index < -0.39 is 11.7 Å². The third-order valence-electron chi connectivity index (χ3n) is 6.54. The van der Waals surface area contributed by atoms with Crippen molar-refractivity contribution in [2.45, 2.75) is 39.3 Å². The van der Waals surface area contributed by atoms with Gasteiger partial charge in [-0.1, -0.05) is 6.07 Å². The molecular formula is C26H29F3N4O2. The van der Waals surface area contributed by atoms with Crippen molar-refractivity contribution in [3.05, 3.63) is 70.7 Å². The number of nitrogens with zero attached hydrogens (tertiary/aromatic N) is 4. The lowest BCUT2D eigenvalue weighted by molar-refractivity contribution is -0.137. The number of halogens is 3. The van der Waals surface area contributed by atoms with E-state index in [1.54, 1.807) is 20.2 Å². The van der Waals surface area contributed by atoms with Gasteiger partial charge in [0.2, 0.25) is 0 Å². The molecule has 35 heavy (non-hydrogen) atoms. The van der Waals surface area contributed by atoms with Crippen LogP contribution < -0.4 is 4.90 Å². The number of aromatic nitrogens is 3. The number of methoxy groups -OCH3 is 1. The summed E-state index contributed by atoms with van der Waals surface area (Å²) < 4.78 is 45.3. The molecule has 1 fully saturated rings. The van der Waals surface area contributed by atoms with Crippen molar-refractivity contribution >= 4 is 11.6 Å². The van der Waals surface area contributed by atoms with Gasteiger partial charge < -0.3 is 9.64 Å². The molecule has 3 heterocycles. The Bertz CT molecular complexity index is 1180. The molecule has 186 valence electrons. The molecule has 0 unspecified atom stereocenters. The zero-order chi connectivity index (χ0) is 25.2. The number of carbonyl (C=O) groups is 1. The molecule has 2 aromatic heterocycles. The van der Waals surface area contributed by atoms with Gasteiger partial charge in [-0.05, 0) is 68.0 Å². The van der Waals surface area contributed by atoms with E-state index >= 15 is 0 Å². The highest BCUT2D eigenvalue weighted by Gasteiger charge is 2.30. The van der Waals surface area contributed by atoms with Crippen LogP contribution >= 0.6 is 0 Å². The zero-order valence-corrected chi connectivity index (χ0v) is 20.1. The van der Waals surface area contributed by atoms with Crippen LogP contribution in [0.5, 0.6) is 0 Å². The molecule has 0 spiro atoms. The summed E-state index contributed by atoms with van der Waals surface area (Å²) in [5.74, 6) is 1.42. The van der Waals surface area contributed by atoms with E-state index in [-0.39, 0.29) is 12.2 Å². The number of anilines is 1. The third-order valence-corrected chi connectivity index (χ3v) is 6.54.